The fourth-order valence-electron chi connectivity index (χ4n) is 2.37. The summed E-state index contributed by atoms with van der Waals surface area (Å²) in [6.45, 7) is 7.90. The van der Waals surface area contributed by atoms with E-state index in [4.69, 9.17) is 9.26 Å². The van der Waals surface area contributed by atoms with Crippen LogP contribution in [-0.4, -0.2) is 54.4 Å². The van der Waals surface area contributed by atoms with Gasteiger partial charge < -0.3 is 19.5 Å². The molecule has 1 aromatic heterocycles. The second kappa shape index (κ2) is 7.23. The topological polar surface area (TPSA) is 75.8 Å². The number of ether oxygens (including phenoxy) is 1. The Hall–Kier alpha value is -1.63. The van der Waals surface area contributed by atoms with Crippen molar-refractivity contribution in [3.8, 4) is 0 Å². The highest BCUT2D eigenvalue weighted by Crippen LogP contribution is 2.16. The summed E-state index contributed by atoms with van der Waals surface area (Å²) in [6, 6.07) is 0. The molecule has 0 amide bonds. The highest BCUT2D eigenvalue weighted by Gasteiger charge is 2.24. The molecule has 2 heterocycles. The van der Waals surface area contributed by atoms with Crippen LogP contribution in [0.5, 0.6) is 0 Å². The number of aryl methyl sites for hydroxylation is 1. The first-order valence-corrected chi connectivity index (χ1v) is 7.04. The quantitative estimate of drug-likeness (QED) is 0.636. The maximum absolute atomic E-state index is 5.23. The lowest BCUT2D eigenvalue weighted by atomic mass is 10.1. The third-order valence-corrected chi connectivity index (χ3v) is 3.26. The maximum atomic E-state index is 5.23. The van der Waals surface area contributed by atoms with E-state index in [9.17, 15) is 0 Å². The van der Waals surface area contributed by atoms with E-state index in [-0.39, 0.29) is 0 Å². The largest absolute Gasteiger partial charge is 0.384 e. The van der Waals surface area contributed by atoms with Crippen molar-refractivity contribution in [2.24, 2.45) is 10.9 Å². The zero-order valence-corrected chi connectivity index (χ0v) is 12.4. The van der Waals surface area contributed by atoms with Crippen LogP contribution >= 0.6 is 0 Å². The van der Waals surface area contributed by atoms with Gasteiger partial charge in [-0.15, -0.1) is 0 Å². The number of guanidine groups is 1. The van der Waals surface area contributed by atoms with E-state index in [1.807, 2.05) is 0 Å². The number of aromatic nitrogens is 2. The molecule has 1 unspecified atom stereocenters. The molecule has 7 nitrogen and oxygen atoms in total. The first-order chi connectivity index (χ1) is 9.72. The van der Waals surface area contributed by atoms with E-state index in [0.717, 1.165) is 38.6 Å². The molecule has 1 aliphatic rings. The van der Waals surface area contributed by atoms with Crippen LogP contribution in [0.3, 0.4) is 0 Å². The van der Waals surface area contributed by atoms with Gasteiger partial charge in [0.15, 0.2) is 11.8 Å². The molecular formula is C13H23N5O2. The van der Waals surface area contributed by atoms with Crippen molar-refractivity contribution in [2.45, 2.75) is 26.8 Å². The van der Waals surface area contributed by atoms with E-state index < -0.39 is 0 Å². The maximum Gasteiger partial charge on any atom is 0.248 e. The van der Waals surface area contributed by atoms with Gasteiger partial charge in [0.1, 0.15) is 6.54 Å². The zero-order valence-electron chi connectivity index (χ0n) is 12.4. The molecule has 1 atom stereocenters. The van der Waals surface area contributed by atoms with Crippen molar-refractivity contribution in [1.82, 2.24) is 20.4 Å². The van der Waals surface area contributed by atoms with Gasteiger partial charge in [0.25, 0.3) is 0 Å². The Labute approximate surface area is 119 Å². The Morgan fingerprint density at radius 3 is 3.10 bits per heavy atom. The van der Waals surface area contributed by atoms with E-state index in [0.29, 0.717) is 24.2 Å². The number of hydrogen-bond acceptors (Lipinski definition) is 5. The average molecular weight is 281 g/mol. The molecule has 0 aromatic carbocycles. The summed E-state index contributed by atoms with van der Waals surface area (Å²) < 4.78 is 10.3. The zero-order chi connectivity index (χ0) is 14.4. The molecule has 7 heteroatoms. The first-order valence-electron chi connectivity index (χ1n) is 7.04. The Morgan fingerprint density at radius 1 is 1.60 bits per heavy atom. The highest BCUT2D eigenvalue weighted by atomic mass is 16.5. The average Bonchev–Trinajstić information content (AvgIpc) is 3.04. The van der Waals surface area contributed by atoms with Crippen LogP contribution in [0.2, 0.25) is 0 Å². The Bertz CT molecular complexity index is 446. The lowest BCUT2D eigenvalue weighted by Gasteiger charge is -2.21. The van der Waals surface area contributed by atoms with Crippen LogP contribution in [-0.2, 0) is 11.3 Å². The van der Waals surface area contributed by atoms with Gasteiger partial charge in [-0.1, -0.05) is 5.16 Å². The number of rotatable bonds is 5. The monoisotopic (exact) mass is 281 g/mol. The fourth-order valence-corrected chi connectivity index (χ4v) is 2.37. The molecule has 0 aliphatic carbocycles. The SMILES string of the molecule is CCNC(=NCc1nc(C)no1)N1CCC(COC)C1. The number of nitrogens with zero attached hydrogens (tertiary/aromatic N) is 4. The van der Waals surface area contributed by atoms with Gasteiger partial charge in [0, 0.05) is 32.7 Å². The van der Waals surface area contributed by atoms with Crippen molar-refractivity contribution in [3.63, 3.8) is 0 Å². The predicted molar refractivity (Wildman–Crippen MR) is 75.4 cm³/mol. The summed E-state index contributed by atoms with van der Waals surface area (Å²) in [5.41, 5.74) is 0. The lowest BCUT2D eigenvalue weighted by Crippen LogP contribution is -2.40. The van der Waals surface area contributed by atoms with Crippen LogP contribution < -0.4 is 5.32 Å². The van der Waals surface area contributed by atoms with Crippen molar-refractivity contribution in [2.75, 3.05) is 33.4 Å². The van der Waals surface area contributed by atoms with E-state index in [1.54, 1.807) is 14.0 Å². The molecule has 1 fully saturated rings. The molecule has 0 radical (unpaired) electrons. The van der Waals surface area contributed by atoms with E-state index in [2.05, 4.69) is 32.3 Å². The predicted octanol–water partition coefficient (Wildman–Crippen LogP) is 0.812. The fraction of sp³-hybridized carbons (Fsp3) is 0.769. The van der Waals surface area contributed by atoms with Crippen molar-refractivity contribution in [3.05, 3.63) is 11.7 Å². The van der Waals surface area contributed by atoms with Gasteiger partial charge in [0.05, 0.1) is 6.61 Å². The van der Waals surface area contributed by atoms with Crippen LogP contribution in [0.25, 0.3) is 0 Å². The van der Waals surface area contributed by atoms with Gasteiger partial charge in [-0.25, -0.2) is 4.99 Å². The van der Waals surface area contributed by atoms with Gasteiger partial charge in [-0.2, -0.15) is 4.98 Å². The number of hydrogen-bond donors (Lipinski definition) is 1. The molecule has 0 saturated carbocycles. The number of aliphatic imine (C=N–C) groups is 1. The minimum atomic E-state index is 0.411. The summed E-state index contributed by atoms with van der Waals surface area (Å²) in [7, 11) is 1.75. The van der Waals surface area contributed by atoms with Crippen molar-refractivity contribution < 1.29 is 9.26 Å². The van der Waals surface area contributed by atoms with Crippen molar-refractivity contribution >= 4 is 5.96 Å². The number of methoxy groups -OCH3 is 1. The minimum Gasteiger partial charge on any atom is -0.384 e. The lowest BCUT2D eigenvalue weighted by molar-refractivity contribution is 0.157. The smallest absolute Gasteiger partial charge is 0.248 e. The summed E-state index contributed by atoms with van der Waals surface area (Å²) in [6.07, 6.45) is 1.14. The molecule has 0 bridgehead atoms. The number of likely N-dealkylation sites (tertiary alicyclic amines) is 1. The third-order valence-electron chi connectivity index (χ3n) is 3.26. The van der Waals surface area contributed by atoms with Gasteiger partial charge >= 0.3 is 0 Å². The third kappa shape index (κ3) is 3.93. The molecule has 20 heavy (non-hydrogen) atoms. The minimum absolute atomic E-state index is 0.411. The Kier molecular flexibility index (Phi) is 5.34. The van der Waals surface area contributed by atoms with Crippen LogP contribution in [0.15, 0.2) is 9.52 Å². The molecule has 1 aliphatic heterocycles. The van der Waals surface area contributed by atoms with E-state index in [1.165, 1.54) is 0 Å². The summed E-state index contributed by atoms with van der Waals surface area (Å²) in [5, 5.41) is 7.08. The Balaban J connectivity index is 1.96. The summed E-state index contributed by atoms with van der Waals surface area (Å²) in [4.78, 5) is 11.0. The molecular weight excluding hydrogens is 258 g/mol. The van der Waals surface area contributed by atoms with Crippen LogP contribution in [0, 0.1) is 12.8 Å². The summed E-state index contributed by atoms with van der Waals surface area (Å²) in [5.74, 6) is 2.67. The molecule has 1 saturated heterocycles. The number of nitrogens with one attached hydrogen (secondary N) is 1. The second-order valence-corrected chi connectivity index (χ2v) is 4.96. The Morgan fingerprint density at radius 2 is 2.45 bits per heavy atom. The standard InChI is InChI=1S/C13H23N5O2/c1-4-14-13(15-7-12-16-10(2)17-20-12)18-6-5-11(8-18)9-19-3/h11H,4-9H2,1-3H3,(H,14,15). The normalized spacial score (nSPS) is 19.6. The second-order valence-electron chi connectivity index (χ2n) is 4.96. The summed E-state index contributed by atoms with van der Waals surface area (Å²) >= 11 is 0. The molecule has 1 N–H and O–H groups in total. The molecule has 0 spiro atoms. The van der Waals surface area contributed by atoms with E-state index >= 15 is 0 Å². The van der Waals surface area contributed by atoms with Crippen LogP contribution in [0.4, 0.5) is 0 Å². The van der Waals surface area contributed by atoms with Gasteiger partial charge in [-0.05, 0) is 20.3 Å². The van der Waals surface area contributed by atoms with Crippen LogP contribution in [0.1, 0.15) is 25.1 Å². The molecule has 1 aromatic rings. The molecule has 112 valence electrons. The van der Waals surface area contributed by atoms with Gasteiger partial charge in [-0.3, -0.25) is 0 Å². The van der Waals surface area contributed by atoms with Crippen molar-refractivity contribution in [1.29, 1.82) is 0 Å². The first kappa shape index (κ1) is 14.8. The highest BCUT2D eigenvalue weighted by molar-refractivity contribution is 5.80. The molecule has 2 rings (SSSR count). The van der Waals surface area contributed by atoms with Gasteiger partial charge in [0.2, 0.25) is 5.89 Å².